The highest BCUT2D eigenvalue weighted by Gasteiger charge is 2.42. The number of benzene rings is 1. The summed E-state index contributed by atoms with van der Waals surface area (Å²) in [6.45, 7) is 3.20. The van der Waals surface area contributed by atoms with E-state index in [2.05, 4.69) is 4.98 Å². The van der Waals surface area contributed by atoms with Crippen molar-refractivity contribution in [1.29, 1.82) is 0 Å². The largest absolute Gasteiger partial charge is 0.336 e. The first-order chi connectivity index (χ1) is 13.0. The molecule has 2 aromatic rings. The van der Waals surface area contributed by atoms with Gasteiger partial charge in [0.05, 0.1) is 5.92 Å². The second-order valence-corrected chi connectivity index (χ2v) is 7.47. The van der Waals surface area contributed by atoms with Crippen molar-refractivity contribution in [1.82, 2.24) is 14.8 Å². The van der Waals surface area contributed by atoms with Gasteiger partial charge >= 0.3 is 0 Å². The maximum atomic E-state index is 13.0. The lowest BCUT2D eigenvalue weighted by molar-refractivity contribution is -0.140. The van der Waals surface area contributed by atoms with E-state index in [0.717, 1.165) is 24.1 Å². The standard InChI is InChI=1S/C21H23N3O3/c1-14-7-10-18(19(25)22-14)21(27)23-12-16-8-9-17(13-23)24(20(16)26)11-15-5-3-2-4-6-15/h2-7,10,16-17H,8-9,11-13H2,1H3,(H,22,25)/t16-,17+/m1/s1. The second kappa shape index (κ2) is 7.02. The quantitative estimate of drug-likeness (QED) is 0.903. The molecule has 0 radical (unpaired) electrons. The number of aromatic amines is 1. The van der Waals surface area contributed by atoms with E-state index in [1.807, 2.05) is 35.2 Å². The molecular weight excluding hydrogens is 342 g/mol. The minimum atomic E-state index is -0.371. The number of piperidine rings is 1. The topological polar surface area (TPSA) is 73.5 Å². The minimum Gasteiger partial charge on any atom is -0.336 e. The summed E-state index contributed by atoms with van der Waals surface area (Å²) >= 11 is 0. The van der Waals surface area contributed by atoms with Gasteiger partial charge in [-0.2, -0.15) is 0 Å². The number of carbonyl (C=O) groups excluding carboxylic acids is 2. The number of pyridine rings is 1. The smallest absolute Gasteiger partial charge is 0.260 e. The maximum Gasteiger partial charge on any atom is 0.260 e. The molecular formula is C21H23N3O3. The van der Waals surface area contributed by atoms with Crippen molar-refractivity contribution in [2.75, 3.05) is 13.1 Å². The molecule has 0 spiro atoms. The molecule has 0 saturated carbocycles. The van der Waals surface area contributed by atoms with Crippen LogP contribution in [-0.2, 0) is 11.3 Å². The van der Waals surface area contributed by atoms with Crippen LogP contribution in [0, 0.1) is 12.8 Å². The summed E-state index contributed by atoms with van der Waals surface area (Å²) in [5.41, 5.74) is 1.58. The molecule has 1 N–H and O–H groups in total. The number of nitrogens with one attached hydrogen (secondary N) is 1. The van der Waals surface area contributed by atoms with E-state index in [1.54, 1.807) is 24.0 Å². The van der Waals surface area contributed by atoms with Crippen LogP contribution >= 0.6 is 0 Å². The van der Waals surface area contributed by atoms with Gasteiger partial charge < -0.3 is 14.8 Å². The fraction of sp³-hybridized carbons (Fsp3) is 0.381. The van der Waals surface area contributed by atoms with E-state index in [-0.39, 0.29) is 34.9 Å². The predicted molar refractivity (Wildman–Crippen MR) is 101 cm³/mol. The summed E-state index contributed by atoms with van der Waals surface area (Å²) in [4.78, 5) is 44.4. The van der Waals surface area contributed by atoms with Crippen LogP contribution in [0.3, 0.4) is 0 Å². The van der Waals surface area contributed by atoms with E-state index in [0.29, 0.717) is 19.6 Å². The first kappa shape index (κ1) is 17.5. The Labute approximate surface area is 157 Å². The van der Waals surface area contributed by atoms with Crippen LogP contribution < -0.4 is 5.56 Å². The highest BCUT2D eigenvalue weighted by Crippen LogP contribution is 2.30. The van der Waals surface area contributed by atoms with Crippen molar-refractivity contribution < 1.29 is 9.59 Å². The average molecular weight is 365 g/mol. The van der Waals surface area contributed by atoms with Crippen LogP contribution in [0.4, 0.5) is 0 Å². The van der Waals surface area contributed by atoms with Gasteiger partial charge in [-0.1, -0.05) is 30.3 Å². The molecule has 0 unspecified atom stereocenters. The number of aromatic nitrogens is 1. The number of H-pyrrole nitrogens is 1. The van der Waals surface area contributed by atoms with Crippen molar-refractivity contribution in [3.63, 3.8) is 0 Å². The van der Waals surface area contributed by atoms with Crippen LogP contribution in [0.15, 0.2) is 47.3 Å². The van der Waals surface area contributed by atoms with Crippen LogP contribution in [-0.4, -0.2) is 45.7 Å². The van der Waals surface area contributed by atoms with Crippen molar-refractivity contribution >= 4 is 11.8 Å². The molecule has 3 saturated heterocycles. The summed E-state index contributed by atoms with van der Waals surface area (Å²) in [5.74, 6) is -0.369. The molecule has 6 heteroatoms. The van der Waals surface area contributed by atoms with Gasteiger partial charge in [-0.3, -0.25) is 14.4 Å². The molecule has 3 fully saturated rings. The molecule has 6 nitrogen and oxygen atoms in total. The Morgan fingerprint density at radius 1 is 1.07 bits per heavy atom. The molecule has 5 rings (SSSR count). The fourth-order valence-corrected chi connectivity index (χ4v) is 4.11. The van der Waals surface area contributed by atoms with E-state index in [1.165, 1.54) is 0 Å². The molecule has 2 amide bonds. The van der Waals surface area contributed by atoms with Crippen LogP contribution in [0.2, 0.25) is 0 Å². The third-order valence-corrected chi connectivity index (χ3v) is 5.56. The molecule has 3 aliphatic heterocycles. The van der Waals surface area contributed by atoms with Gasteiger partial charge in [0.25, 0.3) is 11.5 Å². The summed E-state index contributed by atoms with van der Waals surface area (Å²) in [5, 5.41) is 0. The number of hydrogen-bond acceptors (Lipinski definition) is 3. The Balaban J connectivity index is 1.58. The third-order valence-electron chi connectivity index (χ3n) is 5.56. The lowest BCUT2D eigenvalue weighted by atomic mass is 9.93. The van der Waals surface area contributed by atoms with Gasteiger partial charge in [-0.15, -0.1) is 0 Å². The van der Waals surface area contributed by atoms with Crippen molar-refractivity contribution in [3.05, 3.63) is 69.6 Å². The van der Waals surface area contributed by atoms with Crippen LogP contribution in [0.5, 0.6) is 0 Å². The molecule has 1 aromatic heterocycles. The molecule has 2 bridgehead atoms. The van der Waals surface area contributed by atoms with Crippen molar-refractivity contribution in [2.45, 2.75) is 32.4 Å². The monoisotopic (exact) mass is 365 g/mol. The molecule has 140 valence electrons. The molecule has 2 atom stereocenters. The Kier molecular flexibility index (Phi) is 4.56. The number of hydrogen-bond donors (Lipinski definition) is 1. The summed E-state index contributed by atoms with van der Waals surface area (Å²) in [6.07, 6.45) is 1.68. The first-order valence-corrected chi connectivity index (χ1v) is 9.36. The van der Waals surface area contributed by atoms with Gasteiger partial charge in [-0.25, -0.2) is 0 Å². The predicted octanol–water partition coefficient (Wildman–Crippen LogP) is 1.95. The van der Waals surface area contributed by atoms with E-state index < -0.39 is 0 Å². The molecule has 3 aliphatic rings. The van der Waals surface area contributed by atoms with Gasteiger partial charge in [0, 0.05) is 31.4 Å². The highest BCUT2D eigenvalue weighted by atomic mass is 16.2. The van der Waals surface area contributed by atoms with Gasteiger partial charge in [0.1, 0.15) is 5.56 Å². The molecule has 0 aliphatic carbocycles. The maximum absolute atomic E-state index is 13.0. The normalized spacial score (nSPS) is 22.0. The number of carbonyl (C=O) groups is 2. The molecule has 1 aromatic carbocycles. The van der Waals surface area contributed by atoms with Crippen molar-refractivity contribution in [2.24, 2.45) is 5.92 Å². The average Bonchev–Trinajstić information content (AvgIpc) is 2.95. The third kappa shape index (κ3) is 3.39. The number of fused-ring (bicyclic) bond motifs is 4. The zero-order valence-electron chi connectivity index (χ0n) is 15.4. The summed E-state index contributed by atoms with van der Waals surface area (Å²) in [7, 11) is 0. The SMILES string of the molecule is Cc1ccc(C(=O)N2C[C@H]3CC[C@@H](C2)N(Cc2ccccc2)C3=O)c(=O)[nH]1. The van der Waals surface area contributed by atoms with E-state index >= 15 is 0 Å². The highest BCUT2D eigenvalue weighted by molar-refractivity contribution is 5.94. The lowest BCUT2D eigenvalue weighted by Crippen LogP contribution is -2.47. The zero-order chi connectivity index (χ0) is 19.0. The fourth-order valence-electron chi connectivity index (χ4n) is 4.11. The summed E-state index contributed by atoms with van der Waals surface area (Å²) < 4.78 is 0. The number of nitrogens with zero attached hydrogens (tertiary/aromatic N) is 2. The van der Waals surface area contributed by atoms with Crippen LogP contribution in [0.25, 0.3) is 0 Å². The van der Waals surface area contributed by atoms with Gasteiger partial charge in [-0.05, 0) is 37.5 Å². The number of amides is 2. The Morgan fingerprint density at radius 3 is 2.59 bits per heavy atom. The molecule has 27 heavy (non-hydrogen) atoms. The number of aryl methyl sites for hydroxylation is 1. The minimum absolute atomic E-state index is 0.00932. The Morgan fingerprint density at radius 2 is 1.85 bits per heavy atom. The van der Waals surface area contributed by atoms with E-state index in [4.69, 9.17) is 0 Å². The lowest BCUT2D eigenvalue weighted by Gasteiger charge is -2.36. The Hall–Kier alpha value is -2.89. The Bertz CT molecular complexity index is 922. The summed E-state index contributed by atoms with van der Waals surface area (Å²) in [6, 6.07) is 13.2. The second-order valence-electron chi connectivity index (χ2n) is 7.47. The van der Waals surface area contributed by atoms with Crippen molar-refractivity contribution in [3.8, 4) is 0 Å². The zero-order valence-corrected chi connectivity index (χ0v) is 15.4. The van der Waals surface area contributed by atoms with Crippen LogP contribution in [0.1, 0.15) is 34.5 Å². The van der Waals surface area contributed by atoms with E-state index in [9.17, 15) is 14.4 Å². The van der Waals surface area contributed by atoms with Gasteiger partial charge in [0.15, 0.2) is 0 Å². The number of rotatable bonds is 3. The molecule has 4 heterocycles. The van der Waals surface area contributed by atoms with Gasteiger partial charge in [0.2, 0.25) is 5.91 Å². The first-order valence-electron chi connectivity index (χ1n) is 9.36.